The van der Waals surface area contributed by atoms with Gasteiger partial charge in [0.2, 0.25) is 0 Å². The normalized spacial score (nSPS) is 18.8. The van der Waals surface area contributed by atoms with Gasteiger partial charge in [0.25, 0.3) is 0 Å². The Morgan fingerprint density at radius 3 is 2.66 bits per heavy atom. The molecule has 0 aromatic heterocycles. The number of carbonyl (C=O) groups excluding carboxylic acids is 1. The molecule has 0 spiro atoms. The Bertz CT molecular complexity index is 747. The van der Waals surface area contributed by atoms with Crippen molar-refractivity contribution in [2.75, 3.05) is 6.61 Å². The number of hydrogen-bond donors (Lipinski definition) is 1. The molecule has 1 aliphatic rings. The van der Waals surface area contributed by atoms with Crippen molar-refractivity contribution in [3.63, 3.8) is 0 Å². The molecule has 0 bridgehead atoms. The summed E-state index contributed by atoms with van der Waals surface area (Å²) < 4.78 is 10.7. The van der Waals surface area contributed by atoms with Crippen LogP contribution < -0.4 is 4.74 Å². The Balaban J connectivity index is 2.45. The van der Waals surface area contributed by atoms with Crippen LogP contribution in [0.2, 0.25) is 0 Å². The number of aryl methyl sites for hydroxylation is 1. The van der Waals surface area contributed by atoms with E-state index < -0.39 is 6.16 Å². The molecule has 4 nitrogen and oxygen atoms in total. The lowest BCUT2D eigenvalue weighted by atomic mass is 9.73. The minimum atomic E-state index is -0.721. The number of rotatable bonds is 9. The lowest BCUT2D eigenvalue weighted by Gasteiger charge is -2.32. The second-order valence-corrected chi connectivity index (χ2v) is 8.21. The first kappa shape index (κ1) is 23.1. The average molecular weight is 401 g/mol. The van der Waals surface area contributed by atoms with Gasteiger partial charge in [0.1, 0.15) is 11.5 Å². The summed E-state index contributed by atoms with van der Waals surface area (Å²) in [6.07, 6.45) is 8.30. The van der Waals surface area contributed by atoms with E-state index in [-0.39, 0.29) is 17.6 Å². The van der Waals surface area contributed by atoms with Crippen molar-refractivity contribution in [3.05, 3.63) is 47.1 Å². The van der Waals surface area contributed by atoms with Crippen molar-refractivity contribution in [1.82, 2.24) is 0 Å². The van der Waals surface area contributed by atoms with E-state index in [0.29, 0.717) is 17.9 Å². The highest BCUT2D eigenvalue weighted by Crippen LogP contribution is 2.47. The lowest BCUT2D eigenvalue weighted by molar-refractivity contribution is 0.0985. The Morgan fingerprint density at radius 1 is 1.24 bits per heavy atom. The standard InChI is InChI=1S/C25H36O4/c1-6-8-9-10-19-15-22(26)24(23(16-19)29-25(27)28-13-7-2)21-14-18(5)11-12-20(21)17(3)4/h14-16,20-21,26H,3,6-13H2,1-2,4-5H3/t20-,21+/m0/s1. The number of unbranched alkanes of at least 4 members (excludes halogenated alkanes) is 2. The molecule has 1 aromatic rings. The molecule has 1 aromatic carbocycles. The van der Waals surface area contributed by atoms with Gasteiger partial charge in [-0.25, -0.2) is 4.79 Å². The highest BCUT2D eigenvalue weighted by Gasteiger charge is 2.31. The molecule has 4 heteroatoms. The molecule has 0 unspecified atom stereocenters. The van der Waals surface area contributed by atoms with Gasteiger partial charge in [0.15, 0.2) is 0 Å². The fourth-order valence-corrected chi connectivity index (χ4v) is 4.02. The van der Waals surface area contributed by atoms with E-state index in [2.05, 4.69) is 26.5 Å². The number of benzene rings is 1. The summed E-state index contributed by atoms with van der Waals surface area (Å²) in [6, 6.07) is 3.72. The van der Waals surface area contributed by atoms with Crippen LogP contribution in [0.25, 0.3) is 0 Å². The molecule has 0 heterocycles. The number of phenols is 1. The largest absolute Gasteiger partial charge is 0.513 e. The Hall–Kier alpha value is -2.23. The van der Waals surface area contributed by atoms with Crippen LogP contribution in [0.3, 0.4) is 0 Å². The predicted molar refractivity (Wildman–Crippen MR) is 118 cm³/mol. The van der Waals surface area contributed by atoms with Gasteiger partial charge in [0, 0.05) is 11.5 Å². The number of aromatic hydroxyl groups is 1. The van der Waals surface area contributed by atoms with Crippen molar-refractivity contribution in [3.8, 4) is 11.5 Å². The third-order valence-electron chi connectivity index (χ3n) is 5.58. The van der Waals surface area contributed by atoms with Crippen molar-refractivity contribution >= 4 is 6.16 Å². The Labute approximate surface area is 175 Å². The van der Waals surface area contributed by atoms with Gasteiger partial charge in [-0.05, 0) is 69.6 Å². The molecule has 0 aliphatic heterocycles. The summed E-state index contributed by atoms with van der Waals surface area (Å²) in [7, 11) is 0. The number of allylic oxidation sites excluding steroid dienone is 3. The molecule has 0 saturated carbocycles. The first-order chi connectivity index (χ1) is 13.9. The van der Waals surface area contributed by atoms with Gasteiger partial charge < -0.3 is 14.6 Å². The van der Waals surface area contributed by atoms with Crippen LogP contribution >= 0.6 is 0 Å². The van der Waals surface area contributed by atoms with Crippen LogP contribution in [0.5, 0.6) is 11.5 Å². The third kappa shape index (κ3) is 6.38. The average Bonchev–Trinajstić information content (AvgIpc) is 2.66. The van der Waals surface area contributed by atoms with Crippen molar-refractivity contribution in [2.45, 2.75) is 78.6 Å². The first-order valence-electron chi connectivity index (χ1n) is 10.9. The molecular formula is C25H36O4. The molecule has 0 amide bonds. The fourth-order valence-electron chi connectivity index (χ4n) is 4.02. The molecule has 1 N–H and O–H groups in total. The van der Waals surface area contributed by atoms with Crippen LogP contribution in [0.4, 0.5) is 4.79 Å². The SMILES string of the molecule is C=C(C)[C@@H]1CCC(C)=C[C@H]1c1c(O)cc(CCCCC)cc1OC(=O)OCCC. The highest BCUT2D eigenvalue weighted by molar-refractivity contribution is 5.66. The molecule has 29 heavy (non-hydrogen) atoms. The van der Waals surface area contributed by atoms with Crippen molar-refractivity contribution in [2.24, 2.45) is 5.92 Å². The highest BCUT2D eigenvalue weighted by atomic mass is 16.7. The van der Waals surface area contributed by atoms with E-state index >= 15 is 0 Å². The molecule has 2 atom stereocenters. The summed E-state index contributed by atoms with van der Waals surface area (Å²) >= 11 is 0. The third-order valence-corrected chi connectivity index (χ3v) is 5.58. The van der Waals surface area contributed by atoms with Crippen LogP contribution in [0.1, 0.15) is 83.3 Å². The van der Waals surface area contributed by atoms with Gasteiger partial charge in [-0.3, -0.25) is 0 Å². The molecule has 0 fully saturated rings. The minimum absolute atomic E-state index is 0.0695. The van der Waals surface area contributed by atoms with E-state index in [1.807, 2.05) is 26.0 Å². The summed E-state index contributed by atoms with van der Waals surface area (Å²) in [5.74, 6) is 0.712. The van der Waals surface area contributed by atoms with E-state index in [4.69, 9.17) is 9.47 Å². The first-order valence-corrected chi connectivity index (χ1v) is 10.9. The smallest absolute Gasteiger partial charge is 0.507 e. The second-order valence-electron chi connectivity index (χ2n) is 8.21. The zero-order valence-corrected chi connectivity index (χ0v) is 18.4. The van der Waals surface area contributed by atoms with Crippen LogP contribution in [-0.4, -0.2) is 17.9 Å². The Morgan fingerprint density at radius 2 is 2.00 bits per heavy atom. The minimum Gasteiger partial charge on any atom is -0.507 e. The number of ether oxygens (including phenoxy) is 2. The maximum Gasteiger partial charge on any atom is 0.513 e. The second kappa shape index (κ2) is 11.1. The maximum atomic E-state index is 12.2. The molecule has 0 radical (unpaired) electrons. The van der Waals surface area contributed by atoms with Crippen LogP contribution in [-0.2, 0) is 11.2 Å². The molecular weight excluding hydrogens is 364 g/mol. The lowest BCUT2D eigenvalue weighted by Crippen LogP contribution is -2.19. The predicted octanol–water partition coefficient (Wildman–Crippen LogP) is 7.07. The van der Waals surface area contributed by atoms with Crippen molar-refractivity contribution in [1.29, 1.82) is 0 Å². The van der Waals surface area contributed by atoms with Gasteiger partial charge in [-0.2, -0.15) is 0 Å². The quantitative estimate of drug-likeness (QED) is 0.208. The molecule has 1 aliphatic carbocycles. The summed E-state index contributed by atoms with van der Waals surface area (Å²) in [5, 5.41) is 11.0. The number of hydrogen-bond acceptors (Lipinski definition) is 4. The zero-order valence-electron chi connectivity index (χ0n) is 18.4. The van der Waals surface area contributed by atoms with E-state index in [0.717, 1.165) is 56.1 Å². The maximum absolute atomic E-state index is 12.2. The summed E-state index contributed by atoms with van der Waals surface area (Å²) in [5.41, 5.74) is 3.98. The van der Waals surface area contributed by atoms with Gasteiger partial charge in [-0.1, -0.05) is 50.5 Å². The number of phenolic OH excluding ortho intramolecular Hbond substituents is 1. The summed E-state index contributed by atoms with van der Waals surface area (Å²) in [6.45, 7) is 12.7. The van der Waals surface area contributed by atoms with Crippen LogP contribution in [0, 0.1) is 5.92 Å². The molecule has 0 saturated heterocycles. The fraction of sp³-hybridized carbons (Fsp3) is 0.560. The van der Waals surface area contributed by atoms with Gasteiger partial charge >= 0.3 is 6.16 Å². The number of carbonyl (C=O) groups is 1. The van der Waals surface area contributed by atoms with E-state index in [9.17, 15) is 9.90 Å². The van der Waals surface area contributed by atoms with Crippen LogP contribution in [0.15, 0.2) is 35.9 Å². The van der Waals surface area contributed by atoms with Crippen molar-refractivity contribution < 1.29 is 19.4 Å². The molecule has 160 valence electrons. The zero-order chi connectivity index (χ0) is 21.4. The topological polar surface area (TPSA) is 55.8 Å². The van der Waals surface area contributed by atoms with E-state index in [1.165, 1.54) is 5.57 Å². The van der Waals surface area contributed by atoms with Gasteiger partial charge in [-0.15, -0.1) is 0 Å². The Kier molecular flexibility index (Phi) is 8.81. The monoisotopic (exact) mass is 400 g/mol. The summed E-state index contributed by atoms with van der Waals surface area (Å²) in [4.78, 5) is 12.2. The van der Waals surface area contributed by atoms with E-state index in [1.54, 1.807) is 0 Å². The van der Waals surface area contributed by atoms with Gasteiger partial charge in [0.05, 0.1) is 6.61 Å². The molecule has 2 rings (SSSR count).